The van der Waals surface area contributed by atoms with Gasteiger partial charge in [0, 0.05) is 19.8 Å². The van der Waals surface area contributed by atoms with E-state index in [2.05, 4.69) is 0 Å². The summed E-state index contributed by atoms with van der Waals surface area (Å²) in [6.45, 7) is 3.97. The highest BCUT2D eigenvalue weighted by Crippen LogP contribution is 2.17. The largest absolute Gasteiger partial charge is 0.465 e. The van der Waals surface area contributed by atoms with E-state index in [0.29, 0.717) is 5.69 Å². The lowest BCUT2D eigenvalue weighted by Gasteiger charge is -2.14. The number of hydrogen-bond acceptors (Lipinski definition) is 2. The molecular weight excluding hydrogens is 236 g/mol. The molecule has 1 aromatic rings. The first-order chi connectivity index (χ1) is 8.29. The Morgan fingerprint density at radius 3 is 2.00 bits per heavy atom. The van der Waals surface area contributed by atoms with Crippen molar-refractivity contribution in [3.63, 3.8) is 0 Å². The average molecular weight is 254 g/mol. The van der Waals surface area contributed by atoms with E-state index in [1.807, 2.05) is 31.3 Å². The fourth-order valence-corrected chi connectivity index (χ4v) is 1.04. The van der Waals surface area contributed by atoms with E-state index >= 15 is 0 Å². The van der Waals surface area contributed by atoms with Crippen molar-refractivity contribution in [2.45, 2.75) is 13.8 Å². The zero-order valence-electron chi connectivity index (χ0n) is 10.9. The maximum Gasteiger partial charge on any atom is 0.411 e. The second-order valence-corrected chi connectivity index (χ2v) is 3.67. The number of hydrogen-bond donors (Lipinski definition) is 3. The zero-order chi connectivity index (χ0) is 14.3. The lowest BCUT2D eigenvalue weighted by atomic mass is 10.1. The summed E-state index contributed by atoms with van der Waals surface area (Å²) in [5.74, 6) is 0. The van der Waals surface area contributed by atoms with Crippen molar-refractivity contribution < 1.29 is 19.8 Å². The molecule has 0 atom stereocenters. The molecule has 0 spiro atoms. The van der Waals surface area contributed by atoms with Gasteiger partial charge in [0.1, 0.15) is 0 Å². The van der Waals surface area contributed by atoms with Crippen LogP contribution in [-0.2, 0) is 0 Å². The van der Waals surface area contributed by atoms with Gasteiger partial charge in [0.25, 0.3) is 0 Å². The quantitative estimate of drug-likeness (QED) is 0.717. The number of carboxylic acid groups (broad SMARTS) is 2. The molecule has 0 bridgehead atoms. The van der Waals surface area contributed by atoms with Crippen LogP contribution in [0.2, 0.25) is 0 Å². The lowest BCUT2D eigenvalue weighted by molar-refractivity contribution is 0.197. The summed E-state index contributed by atoms with van der Waals surface area (Å²) in [5.41, 5.74) is 2.98. The molecule has 0 aliphatic carbocycles. The summed E-state index contributed by atoms with van der Waals surface area (Å²) in [6, 6.07) is 5.59. The van der Waals surface area contributed by atoms with E-state index in [1.54, 1.807) is 6.07 Å². The highest BCUT2D eigenvalue weighted by molar-refractivity contribution is 5.85. The first-order valence-corrected chi connectivity index (χ1v) is 5.24. The zero-order valence-corrected chi connectivity index (χ0v) is 10.9. The van der Waals surface area contributed by atoms with Gasteiger partial charge in [-0.3, -0.25) is 4.90 Å². The molecule has 6 nitrogen and oxygen atoms in total. The molecule has 1 aromatic carbocycles. The maximum atomic E-state index is 10.6. The number of rotatable bonds is 1. The Kier molecular flexibility index (Phi) is 6.27. The molecule has 0 unspecified atom stereocenters. The van der Waals surface area contributed by atoms with Crippen molar-refractivity contribution >= 4 is 17.9 Å². The molecule has 0 aromatic heterocycles. The Morgan fingerprint density at radius 2 is 1.67 bits per heavy atom. The van der Waals surface area contributed by atoms with Crippen molar-refractivity contribution in [1.29, 1.82) is 0 Å². The molecule has 0 radical (unpaired) electrons. The van der Waals surface area contributed by atoms with E-state index in [1.165, 1.54) is 24.6 Å². The topological polar surface area (TPSA) is 89.9 Å². The van der Waals surface area contributed by atoms with Crippen LogP contribution in [0.1, 0.15) is 11.1 Å². The van der Waals surface area contributed by atoms with Gasteiger partial charge in [0.05, 0.1) is 0 Å². The van der Waals surface area contributed by atoms with Gasteiger partial charge >= 0.3 is 12.2 Å². The van der Waals surface area contributed by atoms with E-state index in [4.69, 9.17) is 10.2 Å². The third kappa shape index (κ3) is 5.20. The summed E-state index contributed by atoms with van der Waals surface area (Å²) in [5, 5.41) is 18.3. The maximum absolute atomic E-state index is 10.6. The van der Waals surface area contributed by atoms with Gasteiger partial charge in [-0.15, -0.1) is 0 Å². The van der Waals surface area contributed by atoms with E-state index in [0.717, 1.165) is 5.56 Å². The molecule has 3 N–H and O–H groups in total. The molecule has 0 heterocycles. The van der Waals surface area contributed by atoms with Gasteiger partial charge in [0.2, 0.25) is 0 Å². The van der Waals surface area contributed by atoms with Crippen LogP contribution in [0.4, 0.5) is 15.3 Å². The van der Waals surface area contributed by atoms with Crippen molar-refractivity contribution in [3.05, 3.63) is 29.3 Å². The van der Waals surface area contributed by atoms with Crippen LogP contribution in [0.5, 0.6) is 0 Å². The minimum absolute atomic E-state index is 0.704. The van der Waals surface area contributed by atoms with E-state index in [9.17, 15) is 9.59 Å². The van der Waals surface area contributed by atoms with E-state index < -0.39 is 12.2 Å². The highest BCUT2D eigenvalue weighted by atomic mass is 16.4. The van der Waals surface area contributed by atoms with Gasteiger partial charge in [-0.2, -0.15) is 0 Å². The van der Waals surface area contributed by atoms with Crippen LogP contribution in [0.3, 0.4) is 0 Å². The van der Waals surface area contributed by atoms with Gasteiger partial charge in [-0.25, -0.2) is 9.59 Å². The molecule has 0 saturated heterocycles. The Hall–Kier alpha value is -2.24. The summed E-state index contributed by atoms with van der Waals surface area (Å²) >= 11 is 0. The number of aryl methyl sites for hydroxylation is 2. The Morgan fingerprint density at radius 1 is 1.17 bits per heavy atom. The number of nitrogens with one attached hydrogen (secondary N) is 1. The van der Waals surface area contributed by atoms with Gasteiger partial charge < -0.3 is 15.5 Å². The van der Waals surface area contributed by atoms with Gasteiger partial charge in [-0.05, 0) is 37.1 Å². The summed E-state index contributed by atoms with van der Waals surface area (Å²) in [4.78, 5) is 21.1. The summed E-state index contributed by atoms with van der Waals surface area (Å²) in [6.07, 6.45) is -1.94. The predicted octanol–water partition coefficient (Wildman–Crippen LogP) is 2.30. The monoisotopic (exact) mass is 254 g/mol. The minimum Gasteiger partial charge on any atom is -0.465 e. The lowest BCUT2D eigenvalue weighted by Crippen LogP contribution is -2.23. The molecule has 0 fully saturated rings. The highest BCUT2D eigenvalue weighted by Gasteiger charge is 2.08. The first-order valence-electron chi connectivity index (χ1n) is 5.24. The van der Waals surface area contributed by atoms with Crippen molar-refractivity contribution in [1.82, 2.24) is 5.32 Å². The van der Waals surface area contributed by atoms with Crippen LogP contribution in [-0.4, -0.2) is 36.5 Å². The fraction of sp³-hybridized carbons (Fsp3) is 0.333. The standard InChI is InChI=1S/C10H13NO2.C2H5NO2/c1-7-4-5-9(6-8(7)2)11(3)10(12)13;1-3-2(4)5/h4-6H,1-3H3,(H,12,13);3H,1H3,(H,4,5). The normalized spacial score (nSPS) is 8.89. The second kappa shape index (κ2) is 7.16. The average Bonchev–Trinajstić information content (AvgIpc) is 2.32. The fourth-order valence-electron chi connectivity index (χ4n) is 1.04. The molecule has 2 amide bonds. The SMILES string of the molecule is CNC(=O)O.Cc1ccc(N(C)C(=O)O)cc1C. The molecule has 0 saturated carbocycles. The first kappa shape index (κ1) is 15.8. The molecule has 100 valence electrons. The van der Waals surface area contributed by atoms with Crippen LogP contribution < -0.4 is 10.2 Å². The minimum atomic E-state index is -0.995. The Labute approximate surface area is 106 Å². The summed E-state index contributed by atoms with van der Waals surface area (Å²) < 4.78 is 0. The van der Waals surface area contributed by atoms with Gasteiger partial charge in [-0.1, -0.05) is 6.07 Å². The third-order valence-electron chi connectivity index (χ3n) is 2.38. The van der Waals surface area contributed by atoms with Crippen LogP contribution in [0, 0.1) is 13.8 Å². The number of nitrogens with zero attached hydrogens (tertiary/aromatic N) is 1. The molecule has 18 heavy (non-hydrogen) atoms. The molecule has 6 heteroatoms. The van der Waals surface area contributed by atoms with Crippen molar-refractivity contribution in [3.8, 4) is 0 Å². The molecule has 1 rings (SSSR count). The number of anilines is 1. The molecule has 0 aliphatic rings. The Balaban J connectivity index is 0.000000494. The van der Waals surface area contributed by atoms with E-state index in [-0.39, 0.29) is 0 Å². The van der Waals surface area contributed by atoms with Crippen molar-refractivity contribution in [2.24, 2.45) is 0 Å². The van der Waals surface area contributed by atoms with Crippen LogP contribution in [0.15, 0.2) is 18.2 Å². The second-order valence-electron chi connectivity index (χ2n) is 3.67. The number of amides is 2. The van der Waals surface area contributed by atoms with Gasteiger partial charge in [0.15, 0.2) is 0 Å². The summed E-state index contributed by atoms with van der Waals surface area (Å²) in [7, 11) is 2.88. The van der Waals surface area contributed by atoms with Crippen LogP contribution in [0.25, 0.3) is 0 Å². The molecular formula is C12H18N2O4. The predicted molar refractivity (Wildman–Crippen MR) is 69.4 cm³/mol. The smallest absolute Gasteiger partial charge is 0.411 e. The van der Waals surface area contributed by atoms with Crippen LogP contribution >= 0.6 is 0 Å². The number of benzene rings is 1. The van der Waals surface area contributed by atoms with Crippen molar-refractivity contribution in [2.75, 3.05) is 19.0 Å². The number of carbonyl (C=O) groups is 2. The Bertz CT molecular complexity index is 432. The molecule has 0 aliphatic heterocycles. The third-order valence-corrected chi connectivity index (χ3v) is 2.38.